The molecule has 0 saturated carbocycles. The highest BCUT2D eigenvalue weighted by Gasteiger charge is 2.19. The summed E-state index contributed by atoms with van der Waals surface area (Å²) < 4.78 is 5.45. The van der Waals surface area contributed by atoms with E-state index in [1.54, 1.807) is 31.4 Å². The second-order valence-corrected chi connectivity index (χ2v) is 7.11. The van der Waals surface area contributed by atoms with E-state index >= 15 is 0 Å². The summed E-state index contributed by atoms with van der Waals surface area (Å²) in [6.45, 7) is 0.400. The Labute approximate surface area is 174 Å². The van der Waals surface area contributed by atoms with Crippen LogP contribution in [0.3, 0.4) is 0 Å². The molecule has 1 unspecified atom stereocenters. The van der Waals surface area contributed by atoms with Crippen molar-refractivity contribution in [3.63, 3.8) is 0 Å². The van der Waals surface area contributed by atoms with E-state index in [0.717, 1.165) is 16.9 Å². The molecular weight excluding hydrogens is 392 g/mol. The Morgan fingerprint density at radius 1 is 1.21 bits per heavy atom. The van der Waals surface area contributed by atoms with Crippen molar-refractivity contribution >= 4 is 17.5 Å². The maximum atomic E-state index is 12.4. The molecule has 0 bridgehead atoms. The average Bonchev–Trinajstić information content (AvgIpc) is 3.17. The predicted molar refractivity (Wildman–Crippen MR) is 111 cm³/mol. The number of halogens is 1. The van der Waals surface area contributed by atoms with Crippen LogP contribution < -0.4 is 10.1 Å². The van der Waals surface area contributed by atoms with E-state index in [-0.39, 0.29) is 18.5 Å². The summed E-state index contributed by atoms with van der Waals surface area (Å²) in [6, 6.07) is 14.8. The van der Waals surface area contributed by atoms with Gasteiger partial charge in [-0.2, -0.15) is 4.80 Å². The Kier molecular flexibility index (Phi) is 6.79. The summed E-state index contributed by atoms with van der Waals surface area (Å²) in [7, 11) is 5.56. The number of hydrogen-bond donors (Lipinski definition) is 1. The van der Waals surface area contributed by atoms with Gasteiger partial charge in [0, 0.05) is 22.7 Å². The minimum atomic E-state index is -0.202. The minimum absolute atomic E-state index is 0.0212. The van der Waals surface area contributed by atoms with Gasteiger partial charge < -0.3 is 15.0 Å². The van der Waals surface area contributed by atoms with Crippen LogP contribution in [0.15, 0.2) is 48.5 Å². The molecule has 0 radical (unpaired) electrons. The van der Waals surface area contributed by atoms with Crippen molar-refractivity contribution in [1.82, 2.24) is 30.4 Å². The maximum Gasteiger partial charge on any atom is 0.243 e. The molecule has 1 heterocycles. The van der Waals surface area contributed by atoms with Gasteiger partial charge in [0.05, 0.1) is 13.2 Å². The van der Waals surface area contributed by atoms with Crippen molar-refractivity contribution in [2.75, 3.05) is 27.7 Å². The van der Waals surface area contributed by atoms with E-state index in [0.29, 0.717) is 17.4 Å². The fraction of sp³-hybridized carbons (Fsp3) is 0.300. The molecule has 2 aromatic carbocycles. The molecule has 8 nitrogen and oxygen atoms in total. The van der Waals surface area contributed by atoms with Crippen molar-refractivity contribution < 1.29 is 9.53 Å². The lowest BCUT2D eigenvalue weighted by molar-refractivity contribution is -0.122. The fourth-order valence-corrected chi connectivity index (χ4v) is 3.06. The van der Waals surface area contributed by atoms with Crippen LogP contribution in [0.2, 0.25) is 5.02 Å². The summed E-state index contributed by atoms with van der Waals surface area (Å²) in [4.78, 5) is 15.7. The zero-order valence-electron chi connectivity index (χ0n) is 16.5. The SMILES string of the molecule is COc1ccccc1C(CNC(=O)Cn1nnc(-c2ccc(Cl)cc2)n1)N(C)C. The molecule has 1 atom stereocenters. The number of carbonyl (C=O) groups excluding carboxylic acids is 1. The minimum Gasteiger partial charge on any atom is -0.496 e. The predicted octanol–water partition coefficient (Wildman–Crippen LogP) is 2.42. The number of tetrazole rings is 1. The number of nitrogens with one attached hydrogen (secondary N) is 1. The Balaban J connectivity index is 1.62. The lowest BCUT2D eigenvalue weighted by Gasteiger charge is -2.26. The van der Waals surface area contributed by atoms with E-state index in [2.05, 4.69) is 20.7 Å². The van der Waals surface area contributed by atoms with Gasteiger partial charge in [0.1, 0.15) is 12.3 Å². The maximum absolute atomic E-state index is 12.4. The molecular formula is C20H23ClN6O2. The van der Waals surface area contributed by atoms with E-state index in [1.807, 2.05) is 43.3 Å². The van der Waals surface area contributed by atoms with Crippen molar-refractivity contribution in [3.05, 3.63) is 59.1 Å². The summed E-state index contributed by atoms with van der Waals surface area (Å²) in [5, 5.41) is 15.8. The molecule has 0 aliphatic rings. The molecule has 3 aromatic rings. The Bertz CT molecular complexity index is 958. The number of rotatable bonds is 8. The number of carbonyl (C=O) groups is 1. The molecule has 0 aliphatic heterocycles. The van der Waals surface area contributed by atoms with Crippen molar-refractivity contribution in [2.45, 2.75) is 12.6 Å². The third-order valence-corrected chi connectivity index (χ3v) is 4.71. The first-order chi connectivity index (χ1) is 14.0. The van der Waals surface area contributed by atoms with Crippen LogP contribution in [0.4, 0.5) is 0 Å². The molecule has 0 saturated heterocycles. The molecule has 152 valence electrons. The Hall–Kier alpha value is -2.97. The van der Waals surface area contributed by atoms with Crippen LogP contribution in [0.1, 0.15) is 11.6 Å². The van der Waals surface area contributed by atoms with E-state index < -0.39 is 0 Å². The van der Waals surface area contributed by atoms with Gasteiger partial charge in [0.25, 0.3) is 0 Å². The van der Waals surface area contributed by atoms with Crippen molar-refractivity contribution in [1.29, 1.82) is 0 Å². The van der Waals surface area contributed by atoms with Crippen LogP contribution in [0.5, 0.6) is 5.75 Å². The van der Waals surface area contributed by atoms with Crippen LogP contribution in [0.25, 0.3) is 11.4 Å². The molecule has 9 heteroatoms. The van der Waals surface area contributed by atoms with Gasteiger partial charge in [-0.05, 0) is 49.6 Å². The molecule has 0 fully saturated rings. The zero-order chi connectivity index (χ0) is 20.8. The van der Waals surface area contributed by atoms with Crippen LogP contribution in [-0.2, 0) is 11.3 Å². The summed E-state index contributed by atoms with van der Waals surface area (Å²) in [6.07, 6.45) is 0. The zero-order valence-corrected chi connectivity index (χ0v) is 17.3. The molecule has 29 heavy (non-hydrogen) atoms. The molecule has 0 spiro atoms. The third kappa shape index (κ3) is 5.30. The average molecular weight is 415 g/mol. The highest BCUT2D eigenvalue weighted by molar-refractivity contribution is 6.30. The smallest absolute Gasteiger partial charge is 0.243 e. The standard InChI is InChI=1S/C20H23ClN6O2/c1-26(2)17(16-6-4-5-7-18(16)29-3)12-22-19(28)13-27-24-20(23-25-27)14-8-10-15(21)11-9-14/h4-11,17H,12-13H2,1-3H3,(H,22,28). The number of nitrogens with zero attached hydrogens (tertiary/aromatic N) is 5. The summed E-state index contributed by atoms with van der Waals surface area (Å²) in [5.74, 6) is 1.02. The number of amides is 1. The van der Waals surface area contributed by atoms with Crippen molar-refractivity contribution in [2.24, 2.45) is 0 Å². The molecule has 1 N–H and O–H groups in total. The van der Waals surface area contributed by atoms with Gasteiger partial charge in [-0.3, -0.25) is 4.79 Å². The second kappa shape index (κ2) is 9.49. The third-order valence-electron chi connectivity index (χ3n) is 4.45. The number of methoxy groups -OCH3 is 1. The number of para-hydroxylation sites is 1. The van der Waals surface area contributed by atoms with Gasteiger partial charge in [0.2, 0.25) is 11.7 Å². The van der Waals surface area contributed by atoms with Crippen LogP contribution in [0, 0.1) is 0 Å². The van der Waals surface area contributed by atoms with Gasteiger partial charge in [0.15, 0.2) is 0 Å². The first-order valence-corrected chi connectivity index (χ1v) is 9.45. The highest BCUT2D eigenvalue weighted by Crippen LogP contribution is 2.27. The van der Waals surface area contributed by atoms with Crippen LogP contribution >= 0.6 is 11.6 Å². The Morgan fingerprint density at radius 3 is 2.62 bits per heavy atom. The van der Waals surface area contributed by atoms with Gasteiger partial charge in [-0.1, -0.05) is 29.8 Å². The normalized spacial score (nSPS) is 12.0. The monoisotopic (exact) mass is 414 g/mol. The molecule has 0 aliphatic carbocycles. The first-order valence-electron chi connectivity index (χ1n) is 9.07. The van der Waals surface area contributed by atoms with Gasteiger partial charge >= 0.3 is 0 Å². The van der Waals surface area contributed by atoms with Gasteiger partial charge in [-0.15, -0.1) is 10.2 Å². The van der Waals surface area contributed by atoms with E-state index in [1.165, 1.54) is 4.80 Å². The molecule has 1 aromatic heterocycles. The molecule has 1 amide bonds. The van der Waals surface area contributed by atoms with E-state index in [4.69, 9.17) is 16.3 Å². The number of benzene rings is 2. The molecule has 3 rings (SSSR count). The number of likely N-dealkylation sites (N-methyl/N-ethyl adjacent to an activating group) is 1. The second-order valence-electron chi connectivity index (χ2n) is 6.68. The summed E-state index contributed by atoms with van der Waals surface area (Å²) >= 11 is 5.89. The number of ether oxygens (including phenoxy) is 1. The lowest BCUT2D eigenvalue weighted by Crippen LogP contribution is -2.36. The van der Waals surface area contributed by atoms with Crippen LogP contribution in [-0.4, -0.2) is 58.8 Å². The first kappa shape index (κ1) is 20.8. The number of aromatic nitrogens is 4. The largest absolute Gasteiger partial charge is 0.496 e. The lowest BCUT2D eigenvalue weighted by atomic mass is 10.0. The number of hydrogen-bond acceptors (Lipinski definition) is 6. The summed E-state index contributed by atoms with van der Waals surface area (Å²) in [5.41, 5.74) is 1.79. The Morgan fingerprint density at radius 2 is 1.93 bits per heavy atom. The van der Waals surface area contributed by atoms with Crippen molar-refractivity contribution in [3.8, 4) is 17.1 Å². The fourth-order valence-electron chi connectivity index (χ4n) is 2.93. The topological polar surface area (TPSA) is 85.2 Å². The van der Waals surface area contributed by atoms with E-state index in [9.17, 15) is 4.79 Å². The van der Waals surface area contributed by atoms with Gasteiger partial charge in [-0.25, -0.2) is 0 Å². The quantitative estimate of drug-likeness (QED) is 0.609. The highest BCUT2D eigenvalue weighted by atomic mass is 35.5.